The fourth-order valence-corrected chi connectivity index (χ4v) is 2.17. The van der Waals surface area contributed by atoms with E-state index in [1.165, 1.54) is 4.90 Å². The van der Waals surface area contributed by atoms with Crippen molar-refractivity contribution >= 4 is 11.7 Å². The molecule has 1 unspecified atom stereocenters. The van der Waals surface area contributed by atoms with Gasteiger partial charge >= 0.3 is 6.03 Å². The molecule has 0 aliphatic carbocycles. The zero-order valence-corrected chi connectivity index (χ0v) is 12.7. The monoisotopic (exact) mass is 291 g/mol. The lowest BCUT2D eigenvalue weighted by molar-refractivity contribution is 0.0528. The average molecular weight is 291 g/mol. The number of aliphatic hydroxyl groups is 1. The molecule has 0 saturated heterocycles. The number of hydrogen-bond acceptors (Lipinski definition) is 4. The van der Waals surface area contributed by atoms with Crippen molar-refractivity contribution in [3.8, 4) is 0 Å². The van der Waals surface area contributed by atoms with Crippen molar-refractivity contribution in [2.75, 3.05) is 13.6 Å². The highest BCUT2D eigenvalue weighted by Gasteiger charge is 2.22. The Morgan fingerprint density at radius 3 is 2.86 bits per heavy atom. The van der Waals surface area contributed by atoms with Crippen molar-refractivity contribution in [1.82, 2.24) is 24.8 Å². The first kappa shape index (κ1) is 15.2. The molecule has 2 aromatic heterocycles. The SMILES string of the molecule is CC(NC(=O)N(C)CC(C)(C)O)c1nnc2ccccn12. The molecule has 0 aliphatic rings. The van der Waals surface area contributed by atoms with E-state index in [1.54, 1.807) is 20.9 Å². The summed E-state index contributed by atoms with van der Waals surface area (Å²) in [5.74, 6) is 0.663. The van der Waals surface area contributed by atoms with E-state index in [2.05, 4.69) is 15.5 Å². The maximum absolute atomic E-state index is 12.1. The Kier molecular flexibility index (Phi) is 4.13. The number of carbonyl (C=O) groups excluding carboxylic acids is 1. The molecule has 114 valence electrons. The Bertz CT molecular complexity index is 632. The molecule has 0 saturated carbocycles. The Balaban J connectivity index is 2.07. The maximum Gasteiger partial charge on any atom is 0.317 e. The van der Waals surface area contributed by atoms with Crippen molar-refractivity contribution in [3.05, 3.63) is 30.2 Å². The number of urea groups is 1. The quantitative estimate of drug-likeness (QED) is 0.887. The van der Waals surface area contributed by atoms with Crippen LogP contribution in [-0.4, -0.2) is 49.8 Å². The van der Waals surface area contributed by atoms with Crippen LogP contribution >= 0.6 is 0 Å². The van der Waals surface area contributed by atoms with Gasteiger partial charge < -0.3 is 15.3 Å². The Morgan fingerprint density at radius 1 is 1.48 bits per heavy atom. The molecule has 2 amide bonds. The van der Waals surface area contributed by atoms with E-state index < -0.39 is 5.60 Å². The van der Waals surface area contributed by atoms with Gasteiger partial charge in [-0.1, -0.05) is 6.07 Å². The van der Waals surface area contributed by atoms with E-state index in [0.717, 1.165) is 5.65 Å². The van der Waals surface area contributed by atoms with Gasteiger partial charge in [0, 0.05) is 13.2 Å². The number of hydrogen-bond donors (Lipinski definition) is 2. The second kappa shape index (κ2) is 5.69. The molecule has 2 rings (SSSR count). The van der Waals surface area contributed by atoms with Crippen LogP contribution in [0.1, 0.15) is 32.6 Å². The van der Waals surface area contributed by atoms with Gasteiger partial charge in [-0.2, -0.15) is 0 Å². The summed E-state index contributed by atoms with van der Waals surface area (Å²) >= 11 is 0. The average Bonchev–Trinajstić information content (AvgIpc) is 2.80. The van der Waals surface area contributed by atoms with Gasteiger partial charge in [-0.05, 0) is 32.9 Å². The molecule has 0 fully saturated rings. The lowest BCUT2D eigenvalue weighted by Crippen LogP contribution is -2.45. The lowest BCUT2D eigenvalue weighted by atomic mass is 10.1. The molecule has 0 spiro atoms. The van der Waals surface area contributed by atoms with E-state index in [0.29, 0.717) is 5.82 Å². The topological polar surface area (TPSA) is 82.8 Å². The third-order valence-electron chi connectivity index (χ3n) is 3.04. The van der Waals surface area contributed by atoms with E-state index >= 15 is 0 Å². The summed E-state index contributed by atoms with van der Waals surface area (Å²) in [6.45, 7) is 5.41. The fourth-order valence-electron chi connectivity index (χ4n) is 2.17. The van der Waals surface area contributed by atoms with Crippen LogP contribution in [0.5, 0.6) is 0 Å². The predicted molar refractivity (Wildman–Crippen MR) is 78.9 cm³/mol. The first-order chi connectivity index (χ1) is 9.78. The summed E-state index contributed by atoms with van der Waals surface area (Å²) < 4.78 is 1.83. The third-order valence-corrected chi connectivity index (χ3v) is 3.04. The molecule has 0 aliphatic heterocycles. The van der Waals surface area contributed by atoms with Gasteiger partial charge in [0.2, 0.25) is 0 Å². The summed E-state index contributed by atoms with van der Waals surface area (Å²) in [6, 6.07) is 5.06. The van der Waals surface area contributed by atoms with Crippen molar-refractivity contribution < 1.29 is 9.90 Å². The van der Waals surface area contributed by atoms with Crippen LogP contribution in [0, 0.1) is 0 Å². The molecule has 7 heteroatoms. The highest BCUT2D eigenvalue weighted by atomic mass is 16.3. The molecule has 2 aromatic rings. The minimum Gasteiger partial charge on any atom is -0.389 e. The molecule has 1 atom stereocenters. The molecule has 2 heterocycles. The molecule has 21 heavy (non-hydrogen) atoms. The standard InChI is InChI=1S/C14H21N5O2/c1-10(15-13(20)18(4)9-14(2,3)21)12-17-16-11-7-5-6-8-19(11)12/h5-8,10,21H,9H2,1-4H3,(H,15,20). The zero-order chi connectivity index (χ0) is 15.6. The molecule has 0 aromatic carbocycles. The van der Waals surface area contributed by atoms with Crippen LogP contribution in [0.4, 0.5) is 4.79 Å². The van der Waals surface area contributed by atoms with Crippen LogP contribution in [0.2, 0.25) is 0 Å². The summed E-state index contributed by atoms with van der Waals surface area (Å²) in [5.41, 5.74) is -0.199. The van der Waals surface area contributed by atoms with Gasteiger partial charge in [-0.3, -0.25) is 4.40 Å². The largest absolute Gasteiger partial charge is 0.389 e. The second-order valence-corrected chi connectivity index (χ2v) is 5.83. The summed E-state index contributed by atoms with van der Waals surface area (Å²) in [7, 11) is 1.64. The maximum atomic E-state index is 12.1. The molecule has 2 N–H and O–H groups in total. The number of likely N-dealkylation sites (N-methyl/N-ethyl adjacent to an activating group) is 1. The molecular formula is C14H21N5O2. The Morgan fingerprint density at radius 2 is 2.19 bits per heavy atom. The number of carbonyl (C=O) groups is 1. The summed E-state index contributed by atoms with van der Waals surface area (Å²) in [6.07, 6.45) is 1.86. The Labute approximate surface area is 123 Å². The van der Waals surface area contributed by atoms with Crippen LogP contribution in [0.25, 0.3) is 5.65 Å². The Hall–Kier alpha value is -2.15. The first-order valence-electron chi connectivity index (χ1n) is 6.81. The molecule has 0 radical (unpaired) electrons. The number of rotatable bonds is 4. The molecule has 7 nitrogen and oxygen atoms in total. The summed E-state index contributed by atoms with van der Waals surface area (Å²) in [4.78, 5) is 13.6. The normalized spacial score (nSPS) is 13.2. The number of aromatic nitrogens is 3. The van der Waals surface area contributed by atoms with Crippen LogP contribution in [-0.2, 0) is 0 Å². The number of nitrogens with zero attached hydrogens (tertiary/aromatic N) is 4. The summed E-state index contributed by atoms with van der Waals surface area (Å²) in [5, 5.41) is 20.8. The molecular weight excluding hydrogens is 270 g/mol. The van der Waals surface area contributed by atoms with Crippen molar-refractivity contribution in [3.63, 3.8) is 0 Å². The van der Waals surface area contributed by atoms with Gasteiger partial charge in [0.25, 0.3) is 0 Å². The predicted octanol–water partition coefficient (Wildman–Crippen LogP) is 1.20. The minimum atomic E-state index is -0.934. The number of amides is 2. The van der Waals surface area contributed by atoms with Crippen LogP contribution < -0.4 is 5.32 Å². The fraction of sp³-hybridized carbons (Fsp3) is 0.500. The highest BCUT2D eigenvalue weighted by Crippen LogP contribution is 2.12. The van der Waals surface area contributed by atoms with Gasteiger partial charge in [0.05, 0.1) is 18.2 Å². The number of fused-ring (bicyclic) bond motifs is 1. The molecule has 0 bridgehead atoms. The minimum absolute atomic E-state index is 0.242. The van der Waals surface area contributed by atoms with Crippen LogP contribution in [0.3, 0.4) is 0 Å². The van der Waals surface area contributed by atoms with Crippen molar-refractivity contribution in [1.29, 1.82) is 0 Å². The van der Waals surface area contributed by atoms with E-state index in [9.17, 15) is 9.90 Å². The smallest absolute Gasteiger partial charge is 0.317 e. The van der Waals surface area contributed by atoms with Crippen molar-refractivity contribution in [2.45, 2.75) is 32.4 Å². The lowest BCUT2D eigenvalue weighted by Gasteiger charge is -2.26. The highest BCUT2D eigenvalue weighted by molar-refractivity contribution is 5.74. The second-order valence-electron chi connectivity index (χ2n) is 5.83. The van der Waals surface area contributed by atoms with Gasteiger partial charge in [0.1, 0.15) is 0 Å². The van der Waals surface area contributed by atoms with Gasteiger partial charge in [-0.25, -0.2) is 4.79 Å². The first-order valence-corrected chi connectivity index (χ1v) is 6.81. The third kappa shape index (κ3) is 3.69. The van der Waals surface area contributed by atoms with Gasteiger partial charge in [-0.15, -0.1) is 10.2 Å². The van der Waals surface area contributed by atoms with Crippen LogP contribution in [0.15, 0.2) is 24.4 Å². The van der Waals surface area contributed by atoms with E-state index in [-0.39, 0.29) is 18.6 Å². The van der Waals surface area contributed by atoms with E-state index in [4.69, 9.17) is 0 Å². The van der Waals surface area contributed by atoms with Gasteiger partial charge in [0.15, 0.2) is 11.5 Å². The van der Waals surface area contributed by atoms with E-state index in [1.807, 2.05) is 35.7 Å². The number of pyridine rings is 1. The zero-order valence-electron chi connectivity index (χ0n) is 12.7. The number of nitrogens with one attached hydrogen (secondary N) is 1. The van der Waals surface area contributed by atoms with Crippen molar-refractivity contribution in [2.24, 2.45) is 0 Å².